The third-order valence-corrected chi connectivity index (χ3v) is 6.50. The molecule has 2 amide bonds. The normalized spacial score (nSPS) is 18.8. The summed E-state index contributed by atoms with van der Waals surface area (Å²) in [6.45, 7) is -2.37. The van der Waals surface area contributed by atoms with Gasteiger partial charge in [-0.2, -0.15) is 31.4 Å². The molecule has 0 aliphatic carbocycles. The van der Waals surface area contributed by atoms with Gasteiger partial charge in [0.25, 0.3) is 5.91 Å². The molecule has 0 radical (unpaired) electrons. The van der Waals surface area contributed by atoms with Crippen LogP contribution in [-0.2, 0) is 17.6 Å². The van der Waals surface area contributed by atoms with Crippen molar-refractivity contribution in [3.8, 4) is 11.3 Å². The SMILES string of the molecule is CC(C(=O)N1C[C@H](F)[C@H](NC(=O)c2cc(-c3cc(C(F)(F)F)c4c(N)ncnn34)cc(F)c2CF)C1)C(F)(F)F. The summed E-state index contributed by atoms with van der Waals surface area (Å²) in [6, 6.07) is 0.559. The van der Waals surface area contributed by atoms with Gasteiger partial charge in [0.2, 0.25) is 5.91 Å². The lowest BCUT2D eigenvalue weighted by Gasteiger charge is -2.22. The Hall–Kier alpha value is -4.05. The summed E-state index contributed by atoms with van der Waals surface area (Å²) < 4.78 is 124. The molecule has 1 fully saturated rings. The van der Waals surface area contributed by atoms with Crippen LogP contribution in [0.1, 0.15) is 28.4 Å². The number of nitrogens with two attached hydrogens (primary N) is 1. The molecule has 3 N–H and O–H groups in total. The smallest absolute Gasteiger partial charge is 0.382 e. The van der Waals surface area contributed by atoms with Crippen molar-refractivity contribution in [3.05, 3.63) is 47.0 Å². The van der Waals surface area contributed by atoms with Crippen LogP contribution in [0.25, 0.3) is 16.8 Å². The number of benzene rings is 1. The highest BCUT2D eigenvalue weighted by atomic mass is 19.4. The maximum Gasteiger partial charge on any atom is 0.418 e. The molecule has 1 unspecified atom stereocenters. The van der Waals surface area contributed by atoms with E-state index in [4.69, 9.17) is 5.73 Å². The number of nitrogen functional groups attached to an aromatic ring is 1. The number of aromatic nitrogens is 3. The lowest BCUT2D eigenvalue weighted by Crippen LogP contribution is -2.43. The minimum absolute atomic E-state index is 0.359. The van der Waals surface area contributed by atoms with Gasteiger partial charge < -0.3 is 16.0 Å². The molecule has 0 bridgehead atoms. The Balaban J connectivity index is 1.69. The monoisotopic (exact) mass is 582 g/mol. The van der Waals surface area contributed by atoms with E-state index in [2.05, 4.69) is 15.4 Å². The Bertz CT molecular complexity index is 1470. The van der Waals surface area contributed by atoms with Crippen LogP contribution < -0.4 is 11.1 Å². The van der Waals surface area contributed by atoms with Gasteiger partial charge in [-0.3, -0.25) is 9.59 Å². The van der Waals surface area contributed by atoms with Gasteiger partial charge in [0.15, 0.2) is 5.82 Å². The van der Waals surface area contributed by atoms with Gasteiger partial charge in [0.1, 0.15) is 36.4 Å². The maximum absolute atomic E-state index is 14.9. The molecule has 3 heterocycles. The Morgan fingerprint density at radius 2 is 1.82 bits per heavy atom. The zero-order chi connectivity index (χ0) is 29.7. The topological polar surface area (TPSA) is 106 Å². The fourth-order valence-electron chi connectivity index (χ4n) is 4.35. The number of hydrogen-bond donors (Lipinski definition) is 2. The van der Waals surface area contributed by atoms with Crippen molar-refractivity contribution >= 4 is 23.1 Å². The lowest BCUT2D eigenvalue weighted by molar-refractivity contribution is -0.185. The van der Waals surface area contributed by atoms with E-state index < -0.39 is 102 Å². The van der Waals surface area contributed by atoms with Crippen molar-refractivity contribution in [2.75, 3.05) is 18.8 Å². The first kappa shape index (κ1) is 28.9. The highest BCUT2D eigenvalue weighted by Gasteiger charge is 2.46. The van der Waals surface area contributed by atoms with Gasteiger partial charge in [-0.25, -0.2) is 22.7 Å². The van der Waals surface area contributed by atoms with Gasteiger partial charge >= 0.3 is 12.4 Å². The van der Waals surface area contributed by atoms with E-state index in [1.54, 1.807) is 0 Å². The molecule has 1 saturated heterocycles. The second-order valence-electron chi connectivity index (χ2n) is 9.07. The van der Waals surface area contributed by atoms with E-state index in [1.165, 1.54) is 0 Å². The third kappa shape index (κ3) is 5.23. The highest BCUT2D eigenvalue weighted by Crippen LogP contribution is 2.39. The largest absolute Gasteiger partial charge is 0.418 e. The van der Waals surface area contributed by atoms with Crippen molar-refractivity contribution in [1.29, 1.82) is 0 Å². The molecule has 0 spiro atoms. The van der Waals surface area contributed by atoms with Crippen molar-refractivity contribution < 1.29 is 49.1 Å². The van der Waals surface area contributed by atoms with Crippen molar-refractivity contribution in [3.63, 3.8) is 0 Å². The second-order valence-corrected chi connectivity index (χ2v) is 9.07. The number of alkyl halides is 8. The first-order valence-corrected chi connectivity index (χ1v) is 11.4. The number of carbonyl (C=O) groups is 2. The summed E-state index contributed by atoms with van der Waals surface area (Å²) in [5.41, 5.74) is 1.39. The Labute approximate surface area is 218 Å². The summed E-state index contributed by atoms with van der Waals surface area (Å²) in [4.78, 5) is 29.2. The molecule has 1 aromatic carbocycles. The second kappa shape index (κ2) is 10.2. The van der Waals surface area contributed by atoms with Gasteiger partial charge in [-0.15, -0.1) is 0 Å². The van der Waals surface area contributed by atoms with Crippen LogP contribution in [0.2, 0.25) is 0 Å². The number of fused-ring (bicyclic) bond motifs is 1. The van der Waals surface area contributed by atoms with Crippen LogP contribution in [0.15, 0.2) is 24.5 Å². The third-order valence-electron chi connectivity index (χ3n) is 6.50. The van der Waals surface area contributed by atoms with Gasteiger partial charge in [0, 0.05) is 23.2 Å². The average Bonchev–Trinajstić information content (AvgIpc) is 3.43. The quantitative estimate of drug-likeness (QED) is 0.442. The number of hydrogen-bond acceptors (Lipinski definition) is 5. The molecule has 17 heteroatoms. The Morgan fingerprint density at radius 1 is 1.15 bits per heavy atom. The minimum atomic E-state index is -4.94. The van der Waals surface area contributed by atoms with Crippen LogP contribution in [0.4, 0.5) is 45.3 Å². The summed E-state index contributed by atoms with van der Waals surface area (Å²) >= 11 is 0. The molecule has 216 valence electrons. The van der Waals surface area contributed by atoms with E-state index in [1.807, 2.05) is 0 Å². The lowest BCUT2D eigenvalue weighted by atomic mass is 10.0. The van der Waals surface area contributed by atoms with Crippen LogP contribution in [-0.4, -0.2) is 62.8 Å². The van der Waals surface area contributed by atoms with Crippen molar-refractivity contribution in [2.45, 2.75) is 38.2 Å². The van der Waals surface area contributed by atoms with Gasteiger partial charge in [-0.05, 0) is 25.1 Å². The number of rotatable bonds is 5. The van der Waals surface area contributed by atoms with Crippen molar-refractivity contribution in [2.24, 2.45) is 5.92 Å². The first-order chi connectivity index (χ1) is 18.5. The summed E-state index contributed by atoms with van der Waals surface area (Å²) in [6.07, 6.45) is -11.0. The fourth-order valence-corrected chi connectivity index (χ4v) is 4.35. The molecule has 1 aliphatic heterocycles. The molecule has 4 rings (SSSR count). The predicted molar refractivity (Wildman–Crippen MR) is 121 cm³/mol. The van der Waals surface area contributed by atoms with E-state index in [9.17, 15) is 49.1 Å². The molecule has 2 aromatic heterocycles. The number of anilines is 1. The van der Waals surface area contributed by atoms with Gasteiger partial charge in [-0.1, -0.05) is 0 Å². The fraction of sp³-hybridized carbons (Fsp3) is 0.391. The first-order valence-electron chi connectivity index (χ1n) is 11.4. The van der Waals surface area contributed by atoms with E-state index in [-0.39, 0.29) is 5.56 Å². The molecule has 3 aromatic rings. The Morgan fingerprint density at radius 3 is 2.42 bits per heavy atom. The van der Waals surface area contributed by atoms with E-state index >= 15 is 0 Å². The van der Waals surface area contributed by atoms with Crippen LogP contribution in [0, 0.1) is 11.7 Å². The minimum Gasteiger partial charge on any atom is -0.382 e. The number of likely N-dealkylation sites (tertiary alicyclic amines) is 1. The number of nitrogens with zero attached hydrogens (tertiary/aromatic N) is 4. The number of amides is 2. The van der Waals surface area contributed by atoms with Crippen LogP contribution in [0.3, 0.4) is 0 Å². The highest BCUT2D eigenvalue weighted by molar-refractivity contribution is 5.97. The van der Waals surface area contributed by atoms with Crippen LogP contribution in [0.5, 0.6) is 0 Å². The standard InChI is InChI=1S/C23H19F9N6O2/c1-9(22(27,28)29)21(40)37-6-15(26)16(7-37)36-20(39)11-2-10(3-14(25)12(11)5-24)17-4-13(23(30,31)32)18-19(33)34-8-35-38(17)18/h2-4,8-9,15-16H,5-7H2,1H3,(H,36,39)(H2,33,34,35)/t9?,15-,16+/m0/s1. The summed E-state index contributed by atoms with van der Waals surface area (Å²) in [7, 11) is 0. The van der Waals surface area contributed by atoms with Gasteiger partial charge in [0.05, 0.1) is 23.8 Å². The summed E-state index contributed by atoms with van der Waals surface area (Å²) in [5.74, 6) is -7.01. The molecular weight excluding hydrogens is 563 g/mol. The molecule has 1 aliphatic rings. The van der Waals surface area contributed by atoms with Crippen molar-refractivity contribution in [1.82, 2.24) is 24.8 Å². The zero-order valence-electron chi connectivity index (χ0n) is 20.2. The zero-order valence-corrected chi connectivity index (χ0v) is 20.2. The molecule has 40 heavy (non-hydrogen) atoms. The predicted octanol–water partition coefficient (Wildman–Crippen LogP) is 4.08. The molecular formula is C23H19F9N6O2. The number of halogens is 9. The number of carbonyl (C=O) groups excluding carboxylic acids is 2. The van der Waals surface area contributed by atoms with Crippen LogP contribution >= 0.6 is 0 Å². The molecule has 3 atom stereocenters. The molecule has 8 nitrogen and oxygen atoms in total. The van der Waals surface area contributed by atoms with E-state index in [0.29, 0.717) is 28.5 Å². The summed E-state index contributed by atoms with van der Waals surface area (Å²) in [5, 5.41) is 5.82. The number of nitrogens with one attached hydrogen (secondary N) is 1. The average molecular weight is 582 g/mol. The Kier molecular flexibility index (Phi) is 7.36. The van der Waals surface area contributed by atoms with E-state index in [0.717, 1.165) is 12.4 Å². The molecule has 0 saturated carbocycles. The maximum atomic E-state index is 14.9.